The highest BCUT2D eigenvalue weighted by molar-refractivity contribution is 7.10. The Morgan fingerprint density at radius 3 is 2.29 bits per heavy atom. The zero-order valence-corrected chi connectivity index (χ0v) is 10.4. The minimum absolute atomic E-state index is 0.175. The number of hydrogen-bond acceptors (Lipinski definition) is 2. The summed E-state index contributed by atoms with van der Waals surface area (Å²) < 4.78 is 26.4. The van der Waals surface area contributed by atoms with E-state index in [4.69, 9.17) is 0 Å². The SMILES string of the molecule is CNC(c1cc(F)cc(F)c1)c1ccsc1C. The molecule has 0 amide bonds. The average molecular weight is 253 g/mol. The molecule has 0 radical (unpaired) electrons. The summed E-state index contributed by atoms with van der Waals surface area (Å²) in [6.45, 7) is 2.00. The molecule has 1 aromatic carbocycles. The number of nitrogens with one attached hydrogen (secondary N) is 1. The second-order valence-electron chi connectivity index (χ2n) is 3.86. The van der Waals surface area contributed by atoms with Crippen molar-refractivity contribution >= 4 is 11.3 Å². The second kappa shape index (κ2) is 4.94. The van der Waals surface area contributed by atoms with Crippen LogP contribution in [0.5, 0.6) is 0 Å². The average Bonchev–Trinajstić information content (AvgIpc) is 2.65. The van der Waals surface area contributed by atoms with Crippen LogP contribution in [-0.2, 0) is 0 Å². The van der Waals surface area contributed by atoms with Crippen LogP contribution in [0.1, 0.15) is 22.0 Å². The van der Waals surface area contributed by atoms with Gasteiger partial charge in [0.15, 0.2) is 0 Å². The van der Waals surface area contributed by atoms with Gasteiger partial charge < -0.3 is 5.32 Å². The van der Waals surface area contributed by atoms with Gasteiger partial charge in [-0.3, -0.25) is 0 Å². The van der Waals surface area contributed by atoms with Gasteiger partial charge in [0.2, 0.25) is 0 Å². The summed E-state index contributed by atoms with van der Waals surface area (Å²) in [7, 11) is 1.78. The van der Waals surface area contributed by atoms with Crippen LogP contribution in [-0.4, -0.2) is 7.05 Å². The number of aryl methyl sites for hydroxylation is 1. The number of halogens is 2. The van der Waals surface area contributed by atoms with Crippen LogP contribution in [0.4, 0.5) is 8.78 Å². The molecule has 0 fully saturated rings. The summed E-state index contributed by atoms with van der Waals surface area (Å²) in [5, 5.41) is 5.07. The lowest BCUT2D eigenvalue weighted by molar-refractivity contribution is 0.571. The van der Waals surface area contributed by atoms with Crippen LogP contribution in [0, 0.1) is 18.6 Å². The van der Waals surface area contributed by atoms with Gasteiger partial charge in [0.1, 0.15) is 11.6 Å². The Labute approximate surface area is 103 Å². The Morgan fingerprint density at radius 1 is 1.18 bits per heavy atom. The molecule has 0 aliphatic carbocycles. The summed E-state index contributed by atoms with van der Waals surface area (Å²) in [5.41, 5.74) is 1.66. The molecule has 0 bridgehead atoms. The van der Waals surface area contributed by atoms with Gasteiger partial charge in [-0.05, 0) is 48.7 Å². The summed E-state index contributed by atoms with van der Waals surface area (Å²) in [6, 6.07) is 5.41. The van der Waals surface area contributed by atoms with Crippen molar-refractivity contribution < 1.29 is 8.78 Å². The summed E-state index contributed by atoms with van der Waals surface area (Å²) in [4.78, 5) is 1.15. The first-order chi connectivity index (χ1) is 8.11. The minimum atomic E-state index is -0.548. The van der Waals surface area contributed by atoms with Crippen LogP contribution in [0.25, 0.3) is 0 Å². The van der Waals surface area contributed by atoms with Crippen LogP contribution in [0.2, 0.25) is 0 Å². The standard InChI is InChI=1S/C13H13F2NS/c1-8-12(3-4-17-8)13(16-2)9-5-10(14)7-11(15)6-9/h3-7,13,16H,1-2H3. The molecular formula is C13H13F2NS. The maximum atomic E-state index is 13.2. The fraction of sp³-hybridized carbons (Fsp3) is 0.231. The maximum absolute atomic E-state index is 13.2. The van der Waals surface area contributed by atoms with Gasteiger partial charge in [-0.2, -0.15) is 0 Å². The molecule has 1 atom stereocenters. The van der Waals surface area contributed by atoms with Crippen LogP contribution in [0.15, 0.2) is 29.6 Å². The fourth-order valence-electron chi connectivity index (χ4n) is 1.94. The van der Waals surface area contributed by atoms with Crippen molar-refractivity contribution in [3.05, 3.63) is 57.3 Å². The lowest BCUT2D eigenvalue weighted by Crippen LogP contribution is -2.18. The summed E-state index contributed by atoms with van der Waals surface area (Å²) in [6.07, 6.45) is 0. The van der Waals surface area contributed by atoms with Crippen molar-refractivity contribution in [2.75, 3.05) is 7.05 Å². The Bertz CT molecular complexity index is 502. The monoisotopic (exact) mass is 253 g/mol. The molecule has 2 aromatic rings. The van der Waals surface area contributed by atoms with E-state index in [-0.39, 0.29) is 6.04 Å². The van der Waals surface area contributed by atoms with Crippen LogP contribution < -0.4 is 5.32 Å². The molecule has 0 spiro atoms. The molecule has 0 aliphatic heterocycles. The number of benzene rings is 1. The molecule has 0 saturated heterocycles. The Balaban J connectivity index is 2.45. The molecule has 1 nitrogen and oxygen atoms in total. The fourth-order valence-corrected chi connectivity index (χ4v) is 2.68. The largest absolute Gasteiger partial charge is 0.309 e. The Kier molecular flexibility index (Phi) is 3.54. The van der Waals surface area contributed by atoms with Gasteiger partial charge >= 0.3 is 0 Å². The Morgan fingerprint density at radius 2 is 1.82 bits per heavy atom. The van der Waals surface area contributed by atoms with Gasteiger partial charge in [-0.15, -0.1) is 11.3 Å². The topological polar surface area (TPSA) is 12.0 Å². The van der Waals surface area contributed by atoms with E-state index in [1.54, 1.807) is 18.4 Å². The third-order valence-electron chi connectivity index (χ3n) is 2.72. The van der Waals surface area contributed by atoms with E-state index in [2.05, 4.69) is 5.32 Å². The van der Waals surface area contributed by atoms with E-state index in [0.29, 0.717) is 5.56 Å². The molecular weight excluding hydrogens is 240 g/mol. The lowest BCUT2D eigenvalue weighted by atomic mass is 9.99. The molecule has 2 rings (SSSR count). The van der Waals surface area contributed by atoms with Gasteiger partial charge in [0.05, 0.1) is 6.04 Å². The number of thiophene rings is 1. The zero-order valence-electron chi connectivity index (χ0n) is 9.63. The van der Waals surface area contributed by atoms with Gasteiger partial charge in [-0.25, -0.2) is 8.78 Å². The number of rotatable bonds is 3. The molecule has 1 N–H and O–H groups in total. The zero-order chi connectivity index (χ0) is 12.4. The van der Waals surface area contributed by atoms with E-state index in [0.717, 1.165) is 16.5 Å². The number of hydrogen-bond donors (Lipinski definition) is 1. The quantitative estimate of drug-likeness (QED) is 0.880. The molecule has 1 heterocycles. The maximum Gasteiger partial charge on any atom is 0.126 e. The first-order valence-corrected chi connectivity index (χ1v) is 6.17. The molecule has 0 saturated carbocycles. The van der Waals surface area contributed by atoms with E-state index in [9.17, 15) is 8.78 Å². The third-order valence-corrected chi connectivity index (χ3v) is 3.58. The highest BCUT2D eigenvalue weighted by Gasteiger charge is 2.16. The third kappa shape index (κ3) is 2.53. The smallest absolute Gasteiger partial charge is 0.126 e. The normalized spacial score (nSPS) is 12.7. The van der Waals surface area contributed by atoms with Crippen molar-refractivity contribution in [1.82, 2.24) is 5.32 Å². The molecule has 17 heavy (non-hydrogen) atoms. The molecule has 1 unspecified atom stereocenters. The first kappa shape index (κ1) is 12.2. The van der Waals surface area contributed by atoms with Crippen molar-refractivity contribution in [2.45, 2.75) is 13.0 Å². The van der Waals surface area contributed by atoms with E-state index < -0.39 is 11.6 Å². The molecule has 0 aliphatic rings. The van der Waals surface area contributed by atoms with Crippen LogP contribution in [0.3, 0.4) is 0 Å². The minimum Gasteiger partial charge on any atom is -0.309 e. The molecule has 4 heteroatoms. The Hall–Kier alpha value is -1.26. The van der Waals surface area contributed by atoms with Gasteiger partial charge in [-0.1, -0.05) is 0 Å². The van der Waals surface area contributed by atoms with Crippen molar-refractivity contribution in [1.29, 1.82) is 0 Å². The lowest BCUT2D eigenvalue weighted by Gasteiger charge is -2.17. The molecule has 90 valence electrons. The predicted molar refractivity (Wildman–Crippen MR) is 66.3 cm³/mol. The van der Waals surface area contributed by atoms with Gasteiger partial charge in [0, 0.05) is 10.9 Å². The van der Waals surface area contributed by atoms with Gasteiger partial charge in [0.25, 0.3) is 0 Å². The second-order valence-corrected chi connectivity index (χ2v) is 4.98. The predicted octanol–water partition coefficient (Wildman–Crippen LogP) is 3.64. The van der Waals surface area contributed by atoms with Crippen molar-refractivity contribution in [2.24, 2.45) is 0 Å². The van der Waals surface area contributed by atoms with E-state index in [1.807, 2.05) is 18.4 Å². The van der Waals surface area contributed by atoms with Crippen molar-refractivity contribution in [3.8, 4) is 0 Å². The highest BCUT2D eigenvalue weighted by atomic mass is 32.1. The van der Waals surface area contributed by atoms with Crippen molar-refractivity contribution in [3.63, 3.8) is 0 Å². The van der Waals surface area contributed by atoms with Crippen LogP contribution >= 0.6 is 11.3 Å². The first-order valence-electron chi connectivity index (χ1n) is 5.29. The highest BCUT2D eigenvalue weighted by Crippen LogP contribution is 2.28. The summed E-state index contributed by atoms with van der Waals surface area (Å²) in [5.74, 6) is -1.10. The van der Waals surface area contributed by atoms with E-state index >= 15 is 0 Å². The van der Waals surface area contributed by atoms with E-state index in [1.165, 1.54) is 12.1 Å². The molecule has 1 aromatic heterocycles. The summed E-state index contributed by atoms with van der Waals surface area (Å²) >= 11 is 1.62.